The Morgan fingerprint density at radius 3 is 2.42 bits per heavy atom. The molecular weight excluding hydrogens is 300 g/mol. The molecule has 1 N–H and O–H groups in total. The van der Waals surface area contributed by atoms with Crippen molar-refractivity contribution in [3.63, 3.8) is 0 Å². The maximum Gasteiger partial charge on any atom is 0.311 e. The normalized spacial score (nSPS) is 56.3. The van der Waals surface area contributed by atoms with Gasteiger partial charge < -0.3 is 9.84 Å². The standard InChI is InChI=1S/C21H34O3/c1-18-8-5-9-19(2,17(22)24-4)15(18)7-11-21-10-6-14(12-16(18)21)20(3,23)13-21/h14-16,23H,5-13H2,1-4H3/t14-,15-,16-,18+,19+,20+,21+/m0/s1. The van der Waals surface area contributed by atoms with Crippen LogP contribution in [0.5, 0.6) is 0 Å². The minimum absolute atomic E-state index is 0.00217. The van der Waals surface area contributed by atoms with Crippen LogP contribution in [0.15, 0.2) is 0 Å². The van der Waals surface area contributed by atoms with Crippen LogP contribution in [0.2, 0.25) is 0 Å². The summed E-state index contributed by atoms with van der Waals surface area (Å²) in [5.74, 6) is 1.56. The molecule has 0 aliphatic heterocycles. The highest BCUT2D eigenvalue weighted by atomic mass is 16.5. The average Bonchev–Trinajstić information content (AvgIpc) is 2.52. The number of methoxy groups -OCH3 is 1. The molecule has 2 bridgehead atoms. The third-order valence-electron chi connectivity index (χ3n) is 9.19. The smallest absolute Gasteiger partial charge is 0.311 e. The van der Waals surface area contributed by atoms with E-state index in [4.69, 9.17) is 4.74 Å². The lowest BCUT2D eigenvalue weighted by Gasteiger charge is -2.69. The summed E-state index contributed by atoms with van der Waals surface area (Å²) in [5.41, 5.74) is -0.243. The highest BCUT2D eigenvalue weighted by Gasteiger charge is 2.67. The van der Waals surface area contributed by atoms with Crippen LogP contribution >= 0.6 is 0 Å². The largest absolute Gasteiger partial charge is 0.469 e. The van der Waals surface area contributed by atoms with Crippen LogP contribution in [0.4, 0.5) is 0 Å². The number of hydrogen-bond donors (Lipinski definition) is 1. The van der Waals surface area contributed by atoms with Crippen molar-refractivity contribution in [2.75, 3.05) is 7.11 Å². The average molecular weight is 335 g/mol. The summed E-state index contributed by atoms with van der Waals surface area (Å²) in [6.45, 7) is 6.71. The van der Waals surface area contributed by atoms with Crippen LogP contribution in [0.1, 0.15) is 78.6 Å². The Morgan fingerprint density at radius 1 is 1.04 bits per heavy atom. The molecule has 0 unspecified atom stereocenters. The predicted molar refractivity (Wildman–Crippen MR) is 93.3 cm³/mol. The van der Waals surface area contributed by atoms with Gasteiger partial charge in [-0.25, -0.2) is 0 Å². The Bertz CT molecular complexity index is 555. The maximum absolute atomic E-state index is 12.6. The van der Waals surface area contributed by atoms with Crippen molar-refractivity contribution < 1.29 is 14.6 Å². The SMILES string of the molecule is COC(=O)[C@]1(C)CCC[C@@]2(C)[C@@H]3C[C@@H]4CC[C@@]3(CC[C@@H]21)C[C@@]4(C)O. The van der Waals surface area contributed by atoms with Crippen LogP contribution in [0, 0.1) is 34.0 Å². The molecule has 136 valence electrons. The van der Waals surface area contributed by atoms with Gasteiger partial charge in [0.25, 0.3) is 0 Å². The van der Waals surface area contributed by atoms with Crippen molar-refractivity contribution in [2.24, 2.45) is 34.0 Å². The fourth-order valence-electron chi connectivity index (χ4n) is 8.17. The van der Waals surface area contributed by atoms with E-state index in [1.165, 1.54) is 25.7 Å². The molecule has 24 heavy (non-hydrogen) atoms. The van der Waals surface area contributed by atoms with Gasteiger partial charge in [0.1, 0.15) is 0 Å². The summed E-state index contributed by atoms with van der Waals surface area (Å²) in [6.07, 6.45) is 10.3. The second-order valence-corrected chi connectivity index (χ2v) is 10.3. The van der Waals surface area contributed by atoms with Crippen molar-refractivity contribution in [3.05, 3.63) is 0 Å². The van der Waals surface area contributed by atoms with E-state index in [1.807, 2.05) is 0 Å². The van der Waals surface area contributed by atoms with Crippen LogP contribution < -0.4 is 0 Å². The van der Waals surface area contributed by atoms with Gasteiger partial charge in [-0.05, 0) is 93.8 Å². The van der Waals surface area contributed by atoms with Crippen molar-refractivity contribution in [3.8, 4) is 0 Å². The van der Waals surface area contributed by atoms with E-state index in [2.05, 4.69) is 20.8 Å². The molecule has 5 rings (SSSR count). The lowest BCUT2D eigenvalue weighted by Crippen LogP contribution is -2.65. The Kier molecular flexibility index (Phi) is 3.51. The first kappa shape index (κ1) is 16.9. The minimum Gasteiger partial charge on any atom is -0.469 e. The molecule has 0 heterocycles. The topological polar surface area (TPSA) is 46.5 Å². The maximum atomic E-state index is 12.6. The van der Waals surface area contributed by atoms with E-state index in [0.29, 0.717) is 23.2 Å². The molecular formula is C21H34O3. The lowest BCUT2D eigenvalue weighted by molar-refractivity contribution is -0.234. The fraction of sp³-hybridized carbons (Fsp3) is 0.952. The monoisotopic (exact) mass is 334 g/mol. The molecule has 3 heteroatoms. The Labute approximate surface area is 146 Å². The van der Waals surface area contributed by atoms with E-state index < -0.39 is 5.60 Å². The van der Waals surface area contributed by atoms with Gasteiger partial charge in [0.2, 0.25) is 0 Å². The summed E-state index contributed by atoms with van der Waals surface area (Å²) >= 11 is 0. The molecule has 5 fully saturated rings. The highest BCUT2D eigenvalue weighted by molar-refractivity contribution is 5.77. The highest BCUT2D eigenvalue weighted by Crippen LogP contribution is 2.72. The number of hydrogen-bond acceptors (Lipinski definition) is 3. The van der Waals surface area contributed by atoms with Crippen LogP contribution in [-0.2, 0) is 9.53 Å². The summed E-state index contributed by atoms with van der Waals surface area (Å²) in [6, 6.07) is 0. The van der Waals surface area contributed by atoms with Crippen molar-refractivity contribution >= 4 is 5.97 Å². The molecule has 0 aromatic heterocycles. The first-order chi connectivity index (χ1) is 11.2. The third kappa shape index (κ3) is 1.97. The molecule has 0 saturated heterocycles. The van der Waals surface area contributed by atoms with E-state index in [0.717, 1.165) is 32.1 Å². The Morgan fingerprint density at radius 2 is 1.75 bits per heavy atom. The Balaban J connectivity index is 1.73. The van der Waals surface area contributed by atoms with Gasteiger partial charge in [-0.3, -0.25) is 4.79 Å². The minimum atomic E-state index is -0.474. The van der Waals surface area contributed by atoms with E-state index in [1.54, 1.807) is 7.11 Å². The summed E-state index contributed by atoms with van der Waals surface area (Å²) in [4.78, 5) is 12.6. The molecule has 7 atom stereocenters. The van der Waals surface area contributed by atoms with Crippen LogP contribution in [-0.4, -0.2) is 23.8 Å². The number of aliphatic hydroxyl groups is 1. The lowest BCUT2D eigenvalue weighted by atomic mass is 9.36. The second-order valence-electron chi connectivity index (χ2n) is 10.3. The van der Waals surface area contributed by atoms with Gasteiger partial charge in [0.05, 0.1) is 18.1 Å². The summed E-state index contributed by atoms with van der Waals surface area (Å²) in [5, 5.41) is 10.9. The van der Waals surface area contributed by atoms with Gasteiger partial charge in [0, 0.05) is 0 Å². The first-order valence-electron chi connectivity index (χ1n) is 9.99. The van der Waals surface area contributed by atoms with Crippen molar-refractivity contribution in [1.29, 1.82) is 0 Å². The van der Waals surface area contributed by atoms with Gasteiger partial charge in [-0.1, -0.05) is 13.3 Å². The molecule has 0 radical (unpaired) electrons. The fourth-order valence-corrected chi connectivity index (χ4v) is 8.17. The van der Waals surface area contributed by atoms with Gasteiger partial charge in [-0.15, -0.1) is 0 Å². The number of rotatable bonds is 1. The van der Waals surface area contributed by atoms with E-state index >= 15 is 0 Å². The molecule has 0 aromatic rings. The second kappa shape index (κ2) is 4.99. The third-order valence-corrected chi connectivity index (χ3v) is 9.19. The predicted octanol–water partition coefficient (Wildman–Crippen LogP) is 4.32. The molecule has 5 aliphatic carbocycles. The number of carbonyl (C=O) groups excluding carboxylic acids is 1. The van der Waals surface area contributed by atoms with Gasteiger partial charge in [0.15, 0.2) is 0 Å². The molecule has 5 aliphatic rings. The van der Waals surface area contributed by atoms with Crippen LogP contribution in [0.25, 0.3) is 0 Å². The zero-order chi connectivity index (χ0) is 17.4. The summed E-state index contributed by atoms with van der Waals surface area (Å²) < 4.78 is 5.24. The van der Waals surface area contributed by atoms with Crippen molar-refractivity contribution in [2.45, 2.75) is 84.2 Å². The van der Waals surface area contributed by atoms with Gasteiger partial charge in [-0.2, -0.15) is 0 Å². The molecule has 1 spiro atoms. The van der Waals surface area contributed by atoms with Gasteiger partial charge >= 0.3 is 5.97 Å². The number of ether oxygens (including phenoxy) is 1. The van der Waals surface area contributed by atoms with E-state index in [-0.39, 0.29) is 16.8 Å². The molecule has 5 saturated carbocycles. The quantitative estimate of drug-likeness (QED) is 0.726. The zero-order valence-corrected chi connectivity index (χ0v) is 15.9. The summed E-state index contributed by atoms with van der Waals surface area (Å²) in [7, 11) is 1.55. The molecule has 0 amide bonds. The number of esters is 1. The number of fused-ring (bicyclic) bond motifs is 3. The number of carbonyl (C=O) groups is 1. The molecule has 3 nitrogen and oxygen atoms in total. The van der Waals surface area contributed by atoms with E-state index in [9.17, 15) is 9.90 Å². The Hall–Kier alpha value is -0.570. The van der Waals surface area contributed by atoms with Crippen molar-refractivity contribution in [1.82, 2.24) is 0 Å². The van der Waals surface area contributed by atoms with Crippen LogP contribution in [0.3, 0.4) is 0 Å². The molecule has 0 aromatic carbocycles. The zero-order valence-electron chi connectivity index (χ0n) is 15.9. The first-order valence-corrected chi connectivity index (χ1v) is 9.99.